The van der Waals surface area contributed by atoms with E-state index in [9.17, 15) is 27.5 Å². The van der Waals surface area contributed by atoms with Gasteiger partial charge in [0.05, 0.1) is 29.3 Å². The summed E-state index contributed by atoms with van der Waals surface area (Å²) in [6.07, 6.45) is -4.77. The van der Waals surface area contributed by atoms with Crippen LogP contribution in [0.1, 0.15) is 29.5 Å². The van der Waals surface area contributed by atoms with Gasteiger partial charge in [-0.25, -0.2) is 4.98 Å². The van der Waals surface area contributed by atoms with Gasteiger partial charge >= 0.3 is 6.18 Å². The van der Waals surface area contributed by atoms with Crippen LogP contribution in [0.2, 0.25) is 0 Å². The van der Waals surface area contributed by atoms with E-state index < -0.39 is 52.7 Å². The van der Waals surface area contributed by atoms with Crippen LogP contribution in [0.4, 0.5) is 23.2 Å². The number of nitrogens with zero attached hydrogens (tertiary/aromatic N) is 1. The monoisotopic (exact) mass is 422 g/mol. The van der Waals surface area contributed by atoms with Crippen molar-refractivity contribution in [3.63, 3.8) is 0 Å². The first-order valence-electron chi connectivity index (χ1n) is 9.55. The number of hydrogen-bond acceptors (Lipinski definition) is 4. The zero-order valence-corrected chi connectivity index (χ0v) is 15.8. The highest BCUT2D eigenvalue weighted by Gasteiger charge is 2.87. The highest BCUT2D eigenvalue weighted by atomic mass is 19.4. The summed E-state index contributed by atoms with van der Waals surface area (Å²) in [4.78, 5) is 16.9. The van der Waals surface area contributed by atoms with Gasteiger partial charge in [-0.05, 0) is 48.7 Å². The molecule has 2 aliphatic heterocycles. The summed E-state index contributed by atoms with van der Waals surface area (Å²) in [5, 5.41) is 13.0. The van der Waals surface area contributed by atoms with Crippen LogP contribution in [-0.4, -0.2) is 34.3 Å². The molecule has 0 unspecified atom stereocenters. The number of amides is 1. The standard InChI is InChI=1S/C21H18F4N2O3/c1-10-12(21(23,24)25)3-2-4-13(10)27-18(29)20-9-19(20,11-5-6-26-16(22)7-11)17-14(28)8-15(20)30-17/h2-7,14-15,17,28H,8-9H2,1H3,(H,27,29)/t14-,15+,17-,19+,20+/m0/s1. The number of hydrogen-bond donors (Lipinski definition) is 2. The van der Waals surface area contributed by atoms with Gasteiger partial charge in [0, 0.05) is 23.7 Å². The van der Waals surface area contributed by atoms with Crippen LogP contribution >= 0.6 is 0 Å². The number of benzene rings is 1. The van der Waals surface area contributed by atoms with Crippen LogP contribution in [0.25, 0.3) is 0 Å². The number of ether oxygens (including phenoxy) is 1. The number of anilines is 1. The molecule has 2 saturated heterocycles. The van der Waals surface area contributed by atoms with Crippen molar-refractivity contribution >= 4 is 11.6 Å². The molecule has 1 aromatic carbocycles. The van der Waals surface area contributed by atoms with Crippen molar-refractivity contribution in [2.45, 2.75) is 49.7 Å². The molecule has 1 amide bonds. The fourth-order valence-electron chi connectivity index (χ4n) is 5.52. The van der Waals surface area contributed by atoms with E-state index in [1.54, 1.807) is 6.07 Å². The summed E-state index contributed by atoms with van der Waals surface area (Å²) < 4.78 is 59.4. The molecule has 0 radical (unpaired) electrons. The number of aromatic nitrogens is 1. The third-order valence-corrected chi connectivity index (χ3v) is 6.91. The maximum atomic E-state index is 13.8. The average molecular weight is 422 g/mol. The SMILES string of the molecule is Cc1c(NC(=O)[C@]23C[C@@]2(c2ccnc(F)c2)[C@H]2O[C@@H]3C[C@@H]2O)cccc1C(F)(F)F. The number of pyridine rings is 1. The van der Waals surface area contributed by atoms with Crippen LogP contribution in [0.3, 0.4) is 0 Å². The summed E-state index contributed by atoms with van der Waals surface area (Å²) in [6.45, 7) is 1.30. The lowest BCUT2D eigenvalue weighted by Gasteiger charge is -2.29. The number of carbonyl (C=O) groups is 1. The number of nitrogens with one attached hydrogen (secondary N) is 1. The first-order chi connectivity index (χ1) is 14.1. The zero-order chi connectivity index (χ0) is 21.5. The average Bonchev–Trinajstić information content (AvgIpc) is 3.16. The lowest BCUT2D eigenvalue weighted by molar-refractivity contribution is -0.138. The predicted molar refractivity (Wildman–Crippen MR) is 97.0 cm³/mol. The molecule has 2 bridgehead atoms. The molecule has 2 N–H and O–H groups in total. The molecule has 3 aliphatic rings. The van der Waals surface area contributed by atoms with Crippen LogP contribution in [-0.2, 0) is 21.1 Å². The lowest BCUT2D eigenvalue weighted by Crippen LogP contribution is -2.44. The van der Waals surface area contributed by atoms with Crippen LogP contribution < -0.4 is 5.32 Å². The number of fused-ring (bicyclic) bond motifs is 5. The minimum atomic E-state index is -4.54. The van der Waals surface area contributed by atoms with Crippen molar-refractivity contribution in [3.05, 3.63) is 59.2 Å². The van der Waals surface area contributed by atoms with Gasteiger partial charge in [-0.1, -0.05) is 6.07 Å². The second kappa shape index (κ2) is 6.01. The molecule has 1 aromatic heterocycles. The van der Waals surface area contributed by atoms with Crippen molar-refractivity contribution in [1.82, 2.24) is 4.98 Å². The Labute approximate surface area is 169 Å². The summed E-state index contributed by atoms with van der Waals surface area (Å²) in [6, 6.07) is 6.42. The van der Waals surface area contributed by atoms with Crippen molar-refractivity contribution in [2.75, 3.05) is 5.32 Å². The summed E-state index contributed by atoms with van der Waals surface area (Å²) in [7, 11) is 0. The lowest BCUT2D eigenvalue weighted by atomic mass is 9.74. The minimum Gasteiger partial charge on any atom is -0.390 e. The molecule has 9 heteroatoms. The number of halogens is 4. The van der Waals surface area contributed by atoms with Gasteiger partial charge in [0.1, 0.15) is 0 Å². The van der Waals surface area contributed by atoms with E-state index in [2.05, 4.69) is 10.3 Å². The molecule has 1 aliphatic carbocycles. The van der Waals surface area contributed by atoms with E-state index in [1.165, 1.54) is 31.3 Å². The van der Waals surface area contributed by atoms with Gasteiger partial charge in [-0.15, -0.1) is 0 Å². The van der Waals surface area contributed by atoms with E-state index in [4.69, 9.17) is 4.74 Å². The smallest absolute Gasteiger partial charge is 0.390 e. The Morgan fingerprint density at radius 3 is 2.80 bits per heavy atom. The second-order valence-electron chi connectivity index (χ2n) is 8.27. The first-order valence-corrected chi connectivity index (χ1v) is 9.55. The Balaban J connectivity index is 1.53. The molecule has 0 spiro atoms. The van der Waals surface area contributed by atoms with E-state index in [1.807, 2.05) is 0 Å². The van der Waals surface area contributed by atoms with Gasteiger partial charge in [0.2, 0.25) is 11.9 Å². The van der Waals surface area contributed by atoms with E-state index in [0.29, 0.717) is 12.0 Å². The highest BCUT2D eigenvalue weighted by molar-refractivity contribution is 6.01. The van der Waals surface area contributed by atoms with Gasteiger partial charge in [0.15, 0.2) is 0 Å². The quantitative estimate of drug-likeness (QED) is 0.588. The molecule has 5 nitrogen and oxygen atoms in total. The summed E-state index contributed by atoms with van der Waals surface area (Å²) in [5.74, 6) is -1.20. The van der Waals surface area contributed by atoms with Crippen LogP contribution in [0.5, 0.6) is 0 Å². The van der Waals surface area contributed by atoms with E-state index >= 15 is 0 Å². The molecule has 158 valence electrons. The molecule has 2 aromatic rings. The van der Waals surface area contributed by atoms with Gasteiger partial charge in [-0.3, -0.25) is 4.79 Å². The number of rotatable bonds is 3. The molecular weight excluding hydrogens is 404 g/mol. The fraction of sp³-hybridized carbons (Fsp3) is 0.429. The largest absolute Gasteiger partial charge is 0.416 e. The highest BCUT2D eigenvalue weighted by Crippen LogP contribution is 2.77. The maximum Gasteiger partial charge on any atom is 0.416 e. The summed E-state index contributed by atoms with van der Waals surface area (Å²) >= 11 is 0. The Hall–Kier alpha value is -2.52. The van der Waals surface area contributed by atoms with Crippen molar-refractivity contribution in [2.24, 2.45) is 5.41 Å². The molecule has 30 heavy (non-hydrogen) atoms. The normalized spacial score (nSPS) is 34.0. The van der Waals surface area contributed by atoms with E-state index in [0.717, 1.165) is 6.07 Å². The van der Waals surface area contributed by atoms with Crippen LogP contribution in [0.15, 0.2) is 36.5 Å². The van der Waals surface area contributed by atoms with Gasteiger partial charge in [-0.2, -0.15) is 17.6 Å². The molecule has 5 rings (SSSR count). The topological polar surface area (TPSA) is 71.5 Å². The van der Waals surface area contributed by atoms with Crippen LogP contribution in [0, 0.1) is 18.3 Å². The van der Waals surface area contributed by atoms with Crippen molar-refractivity contribution in [1.29, 1.82) is 0 Å². The molecule has 3 heterocycles. The Bertz CT molecular complexity index is 1060. The third-order valence-electron chi connectivity index (χ3n) is 6.91. The summed E-state index contributed by atoms with van der Waals surface area (Å²) in [5.41, 5.74) is -2.36. The van der Waals surface area contributed by atoms with Gasteiger partial charge in [0.25, 0.3) is 0 Å². The molecule has 3 fully saturated rings. The molecular formula is C21H18F4N2O3. The second-order valence-corrected chi connectivity index (χ2v) is 8.27. The van der Waals surface area contributed by atoms with E-state index in [-0.39, 0.29) is 17.7 Å². The van der Waals surface area contributed by atoms with Crippen molar-refractivity contribution in [3.8, 4) is 0 Å². The molecule has 5 atom stereocenters. The fourth-order valence-corrected chi connectivity index (χ4v) is 5.52. The number of carbonyl (C=O) groups excluding carboxylic acids is 1. The Kier molecular flexibility index (Phi) is 3.90. The Morgan fingerprint density at radius 1 is 1.33 bits per heavy atom. The number of aliphatic hydroxyl groups excluding tert-OH is 1. The first kappa shape index (κ1) is 19.4. The third kappa shape index (κ3) is 2.36. The maximum absolute atomic E-state index is 13.8. The minimum absolute atomic E-state index is 0.0641. The number of aliphatic hydroxyl groups is 1. The van der Waals surface area contributed by atoms with Gasteiger partial charge < -0.3 is 15.2 Å². The molecule has 1 saturated carbocycles. The van der Waals surface area contributed by atoms with Crippen molar-refractivity contribution < 1.29 is 32.2 Å². The number of alkyl halides is 3. The Morgan fingerprint density at radius 2 is 2.10 bits per heavy atom. The predicted octanol–water partition coefficient (Wildman–Crippen LogP) is 3.35. The zero-order valence-electron chi connectivity index (χ0n) is 15.8.